The third-order valence-corrected chi connectivity index (χ3v) is 4.05. The molecule has 2 heterocycles. The van der Waals surface area contributed by atoms with Crippen LogP contribution >= 0.6 is 0 Å². The van der Waals surface area contributed by atoms with Crippen molar-refractivity contribution in [2.45, 2.75) is 6.54 Å². The second-order valence-electron chi connectivity index (χ2n) is 5.72. The highest BCUT2D eigenvalue weighted by Gasteiger charge is 2.17. The Morgan fingerprint density at radius 3 is 2.46 bits per heavy atom. The summed E-state index contributed by atoms with van der Waals surface area (Å²) in [5.74, 6) is -1.94. The van der Waals surface area contributed by atoms with Gasteiger partial charge in [-0.1, -0.05) is 36.4 Å². The lowest BCUT2D eigenvalue weighted by atomic mass is 10.1. The average molecular weight is 347 g/mol. The SMILES string of the molecule is O=C(Cn1nc(C(=O)[O-])c2ccccc2c1=O)c1cc2ccccc2o1. The van der Waals surface area contributed by atoms with E-state index in [0.717, 1.165) is 10.1 Å². The summed E-state index contributed by atoms with van der Waals surface area (Å²) in [6.45, 7) is -0.441. The molecule has 0 aliphatic rings. The van der Waals surface area contributed by atoms with Crippen LogP contribution in [-0.2, 0) is 6.54 Å². The Labute approximate surface area is 146 Å². The van der Waals surface area contributed by atoms with Gasteiger partial charge in [-0.2, -0.15) is 5.10 Å². The second-order valence-corrected chi connectivity index (χ2v) is 5.72. The van der Waals surface area contributed by atoms with E-state index >= 15 is 0 Å². The first-order chi connectivity index (χ1) is 12.5. The Hall–Kier alpha value is -3.74. The quantitative estimate of drug-likeness (QED) is 0.517. The highest BCUT2D eigenvalue weighted by molar-refractivity contribution is 6.01. The second kappa shape index (κ2) is 5.96. The van der Waals surface area contributed by atoms with Gasteiger partial charge < -0.3 is 14.3 Å². The maximum atomic E-state index is 12.5. The first kappa shape index (κ1) is 15.8. The number of para-hydroxylation sites is 1. The van der Waals surface area contributed by atoms with Crippen LogP contribution in [0.1, 0.15) is 21.0 Å². The van der Waals surface area contributed by atoms with Gasteiger partial charge in [0.15, 0.2) is 5.76 Å². The highest BCUT2D eigenvalue weighted by atomic mass is 16.4. The lowest BCUT2D eigenvalue weighted by molar-refractivity contribution is -0.255. The maximum absolute atomic E-state index is 12.5. The van der Waals surface area contributed by atoms with Gasteiger partial charge in [0.2, 0.25) is 5.78 Å². The van der Waals surface area contributed by atoms with Crippen LogP contribution in [0.3, 0.4) is 0 Å². The number of nitrogens with zero attached hydrogens (tertiary/aromatic N) is 2. The van der Waals surface area contributed by atoms with Gasteiger partial charge >= 0.3 is 0 Å². The number of benzene rings is 2. The van der Waals surface area contributed by atoms with Gasteiger partial charge in [0.1, 0.15) is 17.8 Å². The molecule has 0 aliphatic heterocycles. The first-order valence-corrected chi connectivity index (χ1v) is 7.77. The van der Waals surface area contributed by atoms with Crippen molar-refractivity contribution in [1.29, 1.82) is 0 Å². The van der Waals surface area contributed by atoms with E-state index in [-0.39, 0.29) is 16.5 Å². The van der Waals surface area contributed by atoms with E-state index in [9.17, 15) is 19.5 Å². The van der Waals surface area contributed by atoms with Crippen molar-refractivity contribution in [1.82, 2.24) is 9.78 Å². The summed E-state index contributed by atoms with van der Waals surface area (Å²) in [7, 11) is 0. The Balaban J connectivity index is 1.79. The number of hydrogen-bond donors (Lipinski definition) is 0. The highest BCUT2D eigenvalue weighted by Crippen LogP contribution is 2.19. The maximum Gasteiger partial charge on any atom is 0.275 e. The normalized spacial score (nSPS) is 11.1. The molecule has 2 aromatic carbocycles. The lowest BCUT2D eigenvalue weighted by Gasteiger charge is -2.10. The van der Waals surface area contributed by atoms with Crippen molar-refractivity contribution in [2.24, 2.45) is 0 Å². The Morgan fingerprint density at radius 1 is 1.04 bits per heavy atom. The Bertz CT molecular complexity index is 1200. The first-order valence-electron chi connectivity index (χ1n) is 7.77. The third-order valence-electron chi connectivity index (χ3n) is 4.05. The largest absolute Gasteiger partial charge is 0.543 e. The number of fused-ring (bicyclic) bond motifs is 2. The number of rotatable bonds is 4. The molecule has 26 heavy (non-hydrogen) atoms. The molecule has 0 radical (unpaired) electrons. The summed E-state index contributed by atoms with van der Waals surface area (Å²) < 4.78 is 6.31. The number of carboxylic acid groups (broad SMARTS) is 1. The fourth-order valence-corrected chi connectivity index (χ4v) is 2.83. The Kier molecular flexibility index (Phi) is 3.62. The van der Waals surface area contributed by atoms with E-state index in [1.807, 2.05) is 6.07 Å². The molecule has 0 fully saturated rings. The number of ketones is 1. The van der Waals surface area contributed by atoms with Crippen LogP contribution in [0.5, 0.6) is 0 Å². The van der Waals surface area contributed by atoms with Crippen LogP contribution in [0, 0.1) is 0 Å². The zero-order valence-electron chi connectivity index (χ0n) is 13.3. The zero-order valence-corrected chi connectivity index (χ0v) is 13.3. The standard InChI is InChI=1S/C19H12N2O5/c22-14(16-9-11-5-1-4-8-15(11)26-16)10-21-18(23)13-7-3-2-6-12(13)17(20-21)19(24)25/h1-9H,10H2,(H,24,25)/p-1. The average Bonchev–Trinajstić information content (AvgIpc) is 3.08. The van der Waals surface area contributed by atoms with Crippen LogP contribution in [0.4, 0.5) is 0 Å². The lowest BCUT2D eigenvalue weighted by Crippen LogP contribution is -2.32. The molecule has 128 valence electrons. The number of hydrogen-bond acceptors (Lipinski definition) is 6. The third kappa shape index (κ3) is 2.55. The molecule has 0 unspecified atom stereocenters. The summed E-state index contributed by atoms with van der Waals surface area (Å²) in [4.78, 5) is 36.4. The number of carbonyl (C=O) groups excluding carboxylic acids is 2. The van der Waals surface area contributed by atoms with Crippen molar-refractivity contribution in [3.63, 3.8) is 0 Å². The summed E-state index contributed by atoms with van der Waals surface area (Å²) in [6.07, 6.45) is 0. The van der Waals surface area contributed by atoms with Crippen LogP contribution in [0.15, 0.2) is 63.8 Å². The fourth-order valence-electron chi connectivity index (χ4n) is 2.83. The minimum atomic E-state index is -1.52. The van der Waals surface area contributed by atoms with Crippen molar-refractivity contribution in [2.75, 3.05) is 0 Å². The van der Waals surface area contributed by atoms with Crippen LogP contribution in [-0.4, -0.2) is 21.5 Å². The van der Waals surface area contributed by atoms with E-state index in [0.29, 0.717) is 5.58 Å². The minimum Gasteiger partial charge on any atom is -0.543 e. The molecule has 4 aromatic rings. The molecule has 7 heteroatoms. The van der Waals surface area contributed by atoms with E-state index in [2.05, 4.69) is 5.10 Å². The molecular formula is C19H11N2O5-. The molecule has 7 nitrogen and oxygen atoms in total. The fraction of sp³-hybridized carbons (Fsp3) is 0.0526. The van der Waals surface area contributed by atoms with E-state index in [1.165, 1.54) is 12.1 Å². The van der Waals surface area contributed by atoms with E-state index in [1.54, 1.807) is 36.4 Å². The van der Waals surface area contributed by atoms with Crippen molar-refractivity contribution in [3.05, 3.63) is 76.4 Å². The topological polar surface area (TPSA) is 105 Å². The molecule has 0 saturated heterocycles. The van der Waals surface area contributed by atoms with Crippen LogP contribution in [0.25, 0.3) is 21.7 Å². The van der Waals surface area contributed by atoms with Gasteiger partial charge in [-0.05, 0) is 18.2 Å². The molecule has 0 saturated carbocycles. The van der Waals surface area contributed by atoms with Gasteiger partial charge in [-0.25, -0.2) is 4.68 Å². The van der Waals surface area contributed by atoms with Crippen molar-refractivity contribution < 1.29 is 19.1 Å². The number of furan rings is 1. The number of aromatic nitrogens is 2. The summed E-state index contributed by atoms with van der Waals surface area (Å²) in [6, 6.07) is 14.8. The van der Waals surface area contributed by atoms with E-state index in [4.69, 9.17) is 4.42 Å². The number of Topliss-reactive ketones (excluding diaryl/α,β-unsaturated/α-hetero) is 1. The zero-order chi connectivity index (χ0) is 18.3. The molecule has 0 bridgehead atoms. The monoisotopic (exact) mass is 347 g/mol. The van der Waals surface area contributed by atoms with Crippen molar-refractivity contribution >= 4 is 33.5 Å². The van der Waals surface area contributed by atoms with E-state index < -0.39 is 29.6 Å². The Morgan fingerprint density at radius 2 is 1.73 bits per heavy atom. The summed E-state index contributed by atoms with van der Waals surface area (Å²) in [5, 5.41) is 16.2. The summed E-state index contributed by atoms with van der Waals surface area (Å²) in [5.41, 5.74) is -0.405. The smallest absolute Gasteiger partial charge is 0.275 e. The number of carboxylic acids is 1. The van der Waals surface area contributed by atoms with Crippen LogP contribution in [0.2, 0.25) is 0 Å². The molecule has 2 aromatic heterocycles. The van der Waals surface area contributed by atoms with Gasteiger partial charge in [-0.3, -0.25) is 9.59 Å². The van der Waals surface area contributed by atoms with Gasteiger partial charge in [0.25, 0.3) is 5.56 Å². The molecule has 4 rings (SSSR count). The number of aromatic carboxylic acids is 1. The molecular weight excluding hydrogens is 336 g/mol. The molecule has 0 atom stereocenters. The van der Waals surface area contributed by atoms with Crippen LogP contribution < -0.4 is 10.7 Å². The predicted octanol–water partition coefficient (Wildman–Crippen LogP) is 1.39. The van der Waals surface area contributed by atoms with Gasteiger partial charge in [0.05, 0.1) is 11.4 Å². The predicted molar refractivity (Wildman–Crippen MR) is 90.9 cm³/mol. The summed E-state index contributed by atoms with van der Waals surface area (Å²) >= 11 is 0. The van der Waals surface area contributed by atoms with Gasteiger partial charge in [0, 0.05) is 10.8 Å². The molecule has 0 spiro atoms. The molecule has 0 amide bonds. The van der Waals surface area contributed by atoms with Gasteiger partial charge in [-0.15, -0.1) is 0 Å². The minimum absolute atomic E-state index is 0.0723. The van der Waals surface area contributed by atoms with Crippen molar-refractivity contribution in [3.8, 4) is 0 Å². The number of carbonyl (C=O) groups is 2. The molecule has 0 N–H and O–H groups in total. The molecule has 0 aliphatic carbocycles.